The van der Waals surface area contributed by atoms with Crippen molar-refractivity contribution in [2.45, 2.75) is 38.8 Å². The van der Waals surface area contributed by atoms with E-state index in [4.69, 9.17) is 21.3 Å². The van der Waals surface area contributed by atoms with Crippen molar-refractivity contribution in [1.29, 1.82) is 0 Å². The third-order valence-corrected chi connectivity index (χ3v) is 6.53. The number of benzene rings is 2. The van der Waals surface area contributed by atoms with Gasteiger partial charge >= 0.3 is 5.97 Å². The summed E-state index contributed by atoms with van der Waals surface area (Å²) in [5, 5.41) is 3.95. The fourth-order valence-corrected chi connectivity index (χ4v) is 4.73. The molecule has 1 aromatic heterocycles. The normalized spacial score (nSPS) is 16.8. The maximum atomic E-state index is 13.4. The number of fused-ring (bicyclic) bond motifs is 1. The number of aryl methyl sites for hydroxylation is 1. The van der Waals surface area contributed by atoms with Gasteiger partial charge in [0.25, 0.3) is 5.56 Å². The van der Waals surface area contributed by atoms with Crippen LogP contribution in [0.1, 0.15) is 36.7 Å². The number of carbonyl (C=O) groups is 1. The van der Waals surface area contributed by atoms with E-state index in [-0.39, 0.29) is 23.7 Å². The third kappa shape index (κ3) is 4.40. The van der Waals surface area contributed by atoms with Gasteiger partial charge in [-0.15, -0.1) is 0 Å². The first-order chi connectivity index (χ1) is 16.2. The summed E-state index contributed by atoms with van der Waals surface area (Å²) in [6, 6.07) is 13.3. The Morgan fingerprint density at radius 3 is 2.65 bits per heavy atom. The SMILES string of the molecule is CCc1nc(-c2ccc(N(C)C)cc2Cl)c(=O)n(C)c1NC1c2ccccc2C[C@@H]1OC(C)=O. The minimum absolute atomic E-state index is 0.255. The summed E-state index contributed by atoms with van der Waals surface area (Å²) >= 11 is 6.55. The molecule has 0 fully saturated rings. The van der Waals surface area contributed by atoms with Gasteiger partial charge in [0.1, 0.15) is 17.6 Å². The van der Waals surface area contributed by atoms with Crippen molar-refractivity contribution in [2.75, 3.05) is 24.3 Å². The first kappa shape index (κ1) is 23.8. The number of nitrogens with one attached hydrogen (secondary N) is 1. The second-order valence-electron chi connectivity index (χ2n) is 8.70. The summed E-state index contributed by atoms with van der Waals surface area (Å²) < 4.78 is 7.20. The lowest BCUT2D eigenvalue weighted by molar-refractivity contribution is -0.146. The highest BCUT2D eigenvalue weighted by molar-refractivity contribution is 6.33. The lowest BCUT2D eigenvalue weighted by atomic mass is 10.1. The molecule has 1 aliphatic rings. The Kier molecular flexibility index (Phi) is 6.66. The number of aromatic nitrogens is 2. The minimum atomic E-state index is -0.373. The molecule has 0 aliphatic heterocycles. The highest BCUT2D eigenvalue weighted by Crippen LogP contribution is 2.37. The average molecular weight is 481 g/mol. The molecule has 7 nitrogen and oxygen atoms in total. The summed E-state index contributed by atoms with van der Waals surface area (Å²) in [4.78, 5) is 31.9. The molecule has 4 rings (SSSR count). The van der Waals surface area contributed by atoms with E-state index >= 15 is 0 Å². The lowest BCUT2D eigenvalue weighted by Gasteiger charge is -2.25. The Hall–Kier alpha value is -3.32. The fraction of sp³-hybridized carbons (Fsp3) is 0.346. The maximum Gasteiger partial charge on any atom is 0.302 e. The van der Waals surface area contributed by atoms with Gasteiger partial charge in [-0.2, -0.15) is 0 Å². The lowest BCUT2D eigenvalue weighted by Crippen LogP contribution is -2.31. The first-order valence-corrected chi connectivity index (χ1v) is 11.7. The van der Waals surface area contributed by atoms with Crippen LogP contribution in [0.5, 0.6) is 0 Å². The van der Waals surface area contributed by atoms with Crippen LogP contribution in [0.4, 0.5) is 11.5 Å². The van der Waals surface area contributed by atoms with Crippen LogP contribution in [0.2, 0.25) is 5.02 Å². The van der Waals surface area contributed by atoms with Crippen LogP contribution in [-0.4, -0.2) is 35.7 Å². The predicted octanol–water partition coefficient (Wildman–Crippen LogP) is 4.37. The molecule has 1 aliphatic carbocycles. The Morgan fingerprint density at radius 2 is 2.00 bits per heavy atom. The number of rotatable bonds is 6. The van der Waals surface area contributed by atoms with Gasteiger partial charge in [-0.1, -0.05) is 42.8 Å². The zero-order valence-corrected chi connectivity index (χ0v) is 20.8. The molecular weight excluding hydrogens is 452 g/mol. The van der Waals surface area contributed by atoms with Crippen LogP contribution < -0.4 is 15.8 Å². The second-order valence-corrected chi connectivity index (χ2v) is 9.11. The number of carbonyl (C=O) groups excluding carboxylic acids is 1. The van der Waals surface area contributed by atoms with E-state index in [0.29, 0.717) is 34.9 Å². The highest BCUT2D eigenvalue weighted by atomic mass is 35.5. The van der Waals surface area contributed by atoms with E-state index in [0.717, 1.165) is 22.5 Å². The van der Waals surface area contributed by atoms with E-state index < -0.39 is 0 Å². The summed E-state index contributed by atoms with van der Waals surface area (Å²) in [6.45, 7) is 3.40. The van der Waals surface area contributed by atoms with Crippen molar-refractivity contribution >= 4 is 29.1 Å². The number of halogens is 1. The highest BCUT2D eigenvalue weighted by Gasteiger charge is 2.35. The van der Waals surface area contributed by atoms with Gasteiger partial charge in [-0.25, -0.2) is 4.98 Å². The molecule has 0 saturated heterocycles. The Labute approximate surface area is 204 Å². The Bertz CT molecular complexity index is 1300. The monoisotopic (exact) mass is 480 g/mol. The number of ether oxygens (including phenoxy) is 1. The molecule has 1 unspecified atom stereocenters. The molecule has 34 heavy (non-hydrogen) atoms. The maximum absolute atomic E-state index is 13.4. The second kappa shape index (κ2) is 9.50. The fourth-order valence-electron chi connectivity index (χ4n) is 4.47. The van der Waals surface area contributed by atoms with Crippen LogP contribution in [0.15, 0.2) is 47.3 Å². The number of nitrogens with zero attached hydrogens (tertiary/aromatic N) is 3. The Morgan fingerprint density at radius 1 is 1.26 bits per heavy atom. The van der Waals surface area contributed by atoms with Gasteiger partial charge in [0.15, 0.2) is 0 Å². The molecule has 178 valence electrons. The molecule has 0 spiro atoms. The van der Waals surface area contributed by atoms with Crippen molar-refractivity contribution in [3.05, 3.63) is 74.7 Å². The molecule has 1 heterocycles. The van der Waals surface area contributed by atoms with Crippen molar-refractivity contribution in [2.24, 2.45) is 7.05 Å². The molecule has 8 heteroatoms. The van der Waals surface area contributed by atoms with E-state index in [2.05, 4.69) is 5.32 Å². The van der Waals surface area contributed by atoms with E-state index in [1.165, 1.54) is 6.92 Å². The number of esters is 1. The molecule has 0 saturated carbocycles. The van der Waals surface area contributed by atoms with Crippen molar-refractivity contribution < 1.29 is 9.53 Å². The average Bonchev–Trinajstić information content (AvgIpc) is 3.13. The van der Waals surface area contributed by atoms with E-state index in [1.54, 1.807) is 11.6 Å². The van der Waals surface area contributed by atoms with Gasteiger partial charge in [-0.05, 0) is 35.7 Å². The van der Waals surface area contributed by atoms with E-state index in [9.17, 15) is 9.59 Å². The summed E-state index contributed by atoms with van der Waals surface area (Å²) in [5.41, 5.74) is 4.49. The standard InChI is InChI=1S/C26H29ClN4O3/c1-6-21-25(29-23-18-10-8-7-9-16(18)13-22(23)34-15(2)32)31(5)26(33)24(28-21)19-12-11-17(30(3)4)14-20(19)27/h7-12,14,22-23,29H,6,13H2,1-5H3/t22-,23?/m0/s1. The van der Waals surface area contributed by atoms with Crippen LogP contribution in [0.25, 0.3) is 11.3 Å². The topological polar surface area (TPSA) is 76.5 Å². The molecule has 0 radical (unpaired) electrons. The van der Waals surface area contributed by atoms with E-state index in [1.807, 2.05) is 68.4 Å². The molecule has 0 bridgehead atoms. The zero-order valence-electron chi connectivity index (χ0n) is 20.1. The summed E-state index contributed by atoms with van der Waals surface area (Å²) in [5.74, 6) is 0.273. The van der Waals surface area contributed by atoms with Gasteiger partial charge in [0.2, 0.25) is 0 Å². The molecule has 2 aromatic carbocycles. The zero-order chi connectivity index (χ0) is 24.6. The quantitative estimate of drug-likeness (QED) is 0.528. The van der Waals surface area contributed by atoms with Gasteiger partial charge < -0.3 is 15.0 Å². The first-order valence-electron chi connectivity index (χ1n) is 11.3. The third-order valence-electron chi connectivity index (χ3n) is 6.21. The molecule has 2 atom stereocenters. The number of anilines is 2. The number of hydrogen-bond donors (Lipinski definition) is 1. The largest absolute Gasteiger partial charge is 0.460 e. The van der Waals surface area contributed by atoms with Gasteiger partial charge in [0, 0.05) is 45.7 Å². The minimum Gasteiger partial charge on any atom is -0.460 e. The summed E-state index contributed by atoms with van der Waals surface area (Å²) in [6.07, 6.45) is 0.841. The smallest absolute Gasteiger partial charge is 0.302 e. The Balaban J connectivity index is 1.77. The molecule has 3 aromatic rings. The molecule has 1 N–H and O–H groups in total. The van der Waals surface area contributed by atoms with Crippen molar-refractivity contribution in [1.82, 2.24) is 9.55 Å². The summed E-state index contributed by atoms with van der Waals surface area (Å²) in [7, 11) is 5.59. The molecular formula is C26H29ClN4O3. The van der Waals surface area contributed by atoms with Gasteiger partial charge in [-0.3, -0.25) is 14.2 Å². The molecule has 0 amide bonds. The predicted molar refractivity (Wildman–Crippen MR) is 136 cm³/mol. The van der Waals surface area contributed by atoms with Crippen LogP contribution in [0.3, 0.4) is 0 Å². The van der Waals surface area contributed by atoms with Crippen molar-refractivity contribution in [3.8, 4) is 11.3 Å². The van der Waals surface area contributed by atoms with Crippen LogP contribution in [-0.2, 0) is 29.4 Å². The number of hydrogen-bond acceptors (Lipinski definition) is 6. The van der Waals surface area contributed by atoms with Crippen LogP contribution >= 0.6 is 11.6 Å². The van der Waals surface area contributed by atoms with Gasteiger partial charge in [0.05, 0.1) is 16.8 Å². The van der Waals surface area contributed by atoms with Crippen LogP contribution in [0, 0.1) is 0 Å². The van der Waals surface area contributed by atoms with Crippen molar-refractivity contribution in [3.63, 3.8) is 0 Å².